The third kappa shape index (κ3) is 2.67. The average molecular weight is 356 g/mol. The van der Waals surface area contributed by atoms with Gasteiger partial charge in [-0.3, -0.25) is 9.78 Å². The van der Waals surface area contributed by atoms with Crippen LogP contribution in [0.1, 0.15) is 44.6 Å². The highest BCUT2D eigenvalue weighted by Gasteiger charge is 2.64. The summed E-state index contributed by atoms with van der Waals surface area (Å²) in [7, 11) is 0. The van der Waals surface area contributed by atoms with Gasteiger partial charge in [0.1, 0.15) is 6.10 Å². The first-order valence-electron chi connectivity index (χ1n) is 10.0. The average Bonchev–Trinajstić information content (AvgIpc) is 3.33. The molecule has 5 rings (SSSR count). The lowest BCUT2D eigenvalue weighted by Gasteiger charge is -2.51. The molecule has 2 saturated carbocycles. The number of epoxide rings is 1. The van der Waals surface area contributed by atoms with Crippen molar-refractivity contribution in [2.75, 3.05) is 13.2 Å². The fraction of sp³-hybridized carbons (Fsp3) is 0.714. The number of carbonyl (C=O) groups is 1. The van der Waals surface area contributed by atoms with Gasteiger partial charge in [-0.05, 0) is 61.1 Å². The molecule has 0 radical (unpaired) electrons. The summed E-state index contributed by atoms with van der Waals surface area (Å²) in [5, 5.41) is 3.47. The monoisotopic (exact) mass is 356 g/mol. The lowest BCUT2D eigenvalue weighted by molar-refractivity contribution is -0.147. The Balaban J connectivity index is 1.28. The van der Waals surface area contributed by atoms with Crippen molar-refractivity contribution in [3.63, 3.8) is 0 Å². The van der Waals surface area contributed by atoms with E-state index in [-0.39, 0.29) is 29.0 Å². The second-order valence-electron chi connectivity index (χ2n) is 9.09. The summed E-state index contributed by atoms with van der Waals surface area (Å²) in [5.41, 5.74) is 1.59. The second kappa shape index (κ2) is 6.03. The number of pyridine rings is 1. The molecule has 1 N–H and O–H groups in total. The van der Waals surface area contributed by atoms with Crippen LogP contribution in [-0.2, 0) is 20.8 Å². The number of esters is 1. The van der Waals surface area contributed by atoms with E-state index in [2.05, 4.69) is 17.2 Å². The highest BCUT2D eigenvalue weighted by atomic mass is 16.6. The van der Waals surface area contributed by atoms with Gasteiger partial charge < -0.3 is 14.8 Å². The first-order chi connectivity index (χ1) is 12.6. The quantitative estimate of drug-likeness (QED) is 0.664. The minimum atomic E-state index is -0.0240. The number of ether oxygens (including phenoxy) is 2. The third-order valence-corrected chi connectivity index (χ3v) is 7.52. The molecule has 1 unspecified atom stereocenters. The number of nitrogens with one attached hydrogen (secondary N) is 1. The summed E-state index contributed by atoms with van der Waals surface area (Å²) in [4.78, 5) is 16.6. The lowest BCUT2D eigenvalue weighted by atomic mass is 9.53. The number of nitrogens with zero attached hydrogens (tertiary/aromatic N) is 1. The smallest absolute Gasteiger partial charge is 0.310 e. The van der Waals surface area contributed by atoms with Gasteiger partial charge in [-0.25, -0.2) is 0 Å². The second-order valence-corrected chi connectivity index (χ2v) is 9.09. The molecule has 5 heteroatoms. The summed E-state index contributed by atoms with van der Waals surface area (Å²) in [5.74, 6) is 0.895. The van der Waals surface area contributed by atoms with Crippen LogP contribution in [0.4, 0.5) is 0 Å². The number of rotatable bonds is 4. The molecule has 3 heterocycles. The Morgan fingerprint density at radius 1 is 1.31 bits per heavy atom. The summed E-state index contributed by atoms with van der Waals surface area (Å²) in [6.45, 7) is 4.78. The molecular weight excluding hydrogens is 328 g/mol. The summed E-state index contributed by atoms with van der Waals surface area (Å²) >= 11 is 0. The van der Waals surface area contributed by atoms with Gasteiger partial charge in [-0.15, -0.1) is 0 Å². The van der Waals surface area contributed by atoms with Crippen LogP contribution in [0.2, 0.25) is 0 Å². The van der Waals surface area contributed by atoms with Gasteiger partial charge in [0.05, 0.1) is 18.1 Å². The van der Waals surface area contributed by atoms with Gasteiger partial charge in [-0.1, -0.05) is 6.92 Å². The molecule has 1 aromatic heterocycles. The summed E-state index contributed by atoms with van der Waals surface area (Å²) in [6, 6.07) is 4.01. The minimum Gasteiger partial charge on any atom is -0.462 e. The predicted octanol–water partition coefficient (Wildman–Crippen LogP) is 2.70. The zero-order valence-corrected chi connectivity index (χ0v) is 15.4. The standard InChI is InChI=1S/C21H28N2O3/c1-20-5-2-6-21(13-25-21)18(20)9-15-16(19(24)26-17(15)10-20)12-23-11-14-3-7-22-8-4-14/h3-4,7-8,15-18,23H,2,5-6,9-13H2,1H3/t15-,16?,17-,18-,20-,21+/m1/s1. The molecular formula is C21H28N2O3. The van der Waals surface area contributed by atoms with Gasteiger partial charge in [0, 0.05) is 31.4 Å². The molecule has 0 bridgehead atoms. The Morgan fingerprint density at radius 2 is 2.12 bits per heavy atom. The maximum absolute atomic E-state index is 12.6. The van der Waals surface area contributed by atoms with Crippen molar-refractivity contribution in [2.45, 2.75) is 57.3 Å². The van der Waals surface area contributed by atoms with Crippen LogP contribution in [0, 0.1) is 23.2 Å². The van der Waals surface area contributed by atoms with Crippen LogP contribution in [0.3, 0.4) is 0 Å². The number of aromatic nitrogens is 1. The molecule has 0 aromatic carbocycles. The van der Waals surface area contributed by atoms with Crippen molar-refractivity contribution < 1.29 is 14.3 Å². The molecule has 2 saturated heterocycles. The van der Waals surface area contributed by atoms with E-state index in [1.54, 1.807) is 12.4 Å². The Morgan fingerprint density at radius 3 is 2.88 bits per heavy atom. The van der Waals surface area contributed by atoms with Crippen molar-refractivity contribution >= 4 is 5.97 Å². The zero-order valence-electron chi connectivity index (χ0n) is 15.4. The molecule has 4 fully saturated rings. The van der Waals surface area contributed by atoms with E-state index in [0.717, 1.165) is 26.0 Å². The molecule has 4 aliphatic rings. The van der Waals surface area contributed by atoms with E-state index in [1.165, 1.54) is 24.8 Å². The number of carbonyl (C=O) groups excluding carboxylic acids is 1. The zero-order chi connectivity index (χ0) is 17.8. The maximum atomic E-state index is 12.6. The predicted molar refractivity (Wildman–Crippen MR) is 96.2 cm³/mol. The number of hydrogen-bond donors (Lipinski definition) is 1. The van der Waals surface area contributed by atoms with E-state index in [1.807, 2.05) is 12.1 Å². The molecule has 0 amide bonds. The van der Waals surface area contributed by atoms with Crippen LogP contribution < -0.4 is 5.32 Å². The van der Waals surface area contributed by atoms with E-state index in [9.17, 15) is 4.79 Å². The fourth-order valence-electron chi connectivity index (χ4n) is 6.06. The van der Waals surface area contributed by atoms with E-state index >= 15 is 0 Å². The molecule has 140 valence electrons. The Bertz CT molecular complexity index is 690. The molecule has 1 aromatic rings. The van der Waals surface area contributed by atoms with Crippen LogP contribution >= 0.6 is 0 Å². The number of hydrogen-bond acceptors (Lipinski definition) is 5. The Hall–Kier alpha value is -1.46. The van der Waals surface area contributed by atoms with E-state index < -0.39 is 0 Å². The summed E-state index contributed by atoms with van der Waals surface area (Å²) in [6.07, 6.45) is 9.49. The van der Waals surface area contributed by atoms with Crippen LogP contribution in [0.15, 0.2) is 24.5 Å². The largest absolute Gasteiger partial charge is 0.462 e. The van der Waals surface area contributed by atoms with Gasteiger partial charge >= 0.3 is 5.97 Å². The molecule has 6 atom stereocenters. The third-order valence-electron chi connectivity index (χ3n) is 7.52. The SMILES string of the molecule is C[C@]12CCC[C@]3(CO3)[C@@H]1C[C@@H]1C(CNCc3ccncc3)C(=O)O[C@@H]1C2. The van der Waals surface area contributed by atoms with E-state index in [0.29, 0.717) is 18.4 Å². The first kappa shape index (κ1) is 16.7. The normalized spacial score (nSPS) is 43.7. The minimum absolute atomic E-state index is 0.00441. The van der Waals surface area contributed by atoms with E-state index in [4.69, 9.17) is 9.47 Å². The fourth-order valence-corrected chi connectivity index (χ4v) is 6.06. The maximum Gasteiger partial charge on any atom is 0.310 e. The molecule has 2 aliphatic heterocycles. The van der Waals surface area contributed by atoms with Crippen molar-refractivity contribution in [2.24, 2.45) is 23.2 Å². The van der Waals surface area contributed by atoms with Crippen LogP contribution in [0.25, 0.3) is 0 Å². The number of fused-ring (bicyclic) bond motifs is 3. The Kier molecular flexibility index (Phi) is 3.87. The van der Waals surface area contributed by atoms with Crippen molar-refractivity contribution in [1.29, 1.82) is 0 Å². The molecule has 1 spiro atoms. The van der Waals surface area contributed by atoms with Crippen LogP contribution in [-0.4, -0.2) is 35.8 Å². The first-order valence-corrected chi connectivity index (χ1v) is 10.0. The van der Waals surface area contributed by atoms with Crippen molar-refractivity contribution in [1.82, 2.24) is 10.3 Å². The van der Waals surface area contributed by atoms with Crippen molar-refractivity contribution in [3.05, 3.63) is 30.1 Å². The topological polar surface area (TPSA) is 63.8 Å². The molecule has 5 nitrogen and oxygen atoms in total. The van der Waals surface area contributed by atoms with Gasteiger partial charge in [-0.2, -0.15) is 0 Å². The highest BCUT2D eigenvalue weighted by molar-refractivity contribution is 5.75. The highest BCUT2D eigenvalue weighted by Crippen LogP contribution is 2.62. The van der Waals surface area contributed by atoms with Crippen LogP contribution in [0.5, 0.6) is 0 Å². The molecule has 26 heavy (non-hydrogen) atoms. The van der Waals surface area contributed by atoms with Gasteiger partial charge in [0.25, 0.3) is 0 Å². The van der Waals surface area contributed by atoms with Gasteiger partial charge in [0.15, 0.2) is 0 Å². The summed E-state index contributed by atoms with van der Waals surface area (Å²) < 4.78 is 11.8. The van der Waals surface area contributed by atoms with Crippen molar-refractivity contribution in [3.8, 4) is 0 Å². The molecule has 2 aliphatic carbocycles. The lowest BCUT2D eigenvalue weighted by Crippen LogP contribution is -2.51. The van der Waals surface area contributed by atoms with Gasteiger partial charge in [0.2, 0.25) is 0 Å². The Labute approximate surface area is 154 Å².